The number of rotatable bonds is 3. The average molecular weight is 433 g/mol. The number of pyridine rings is 2. The number of carbonyl (C=O) groups excluding carboxylic acids is 1. The van der Waals surface area contributed by atoms with Crippen molar-refractivity contribution in [3.05, 3.63) is 64.0 Å². The van der Waals surface area contributed by atoms with Crippen LogP contribution in [0.25, 0.3) is 11.1 Å². The van der Waals surface area contributed by atoms with Gasteiger partial charge < -0.3 is 14.8 Å². The van der Waals surface area contributed by atoms with Crippen molar-refractivity contribution < 1.29 is 14.3 Å². The summed E-state index contributed by atoms with van der Waals surface area (Å²) in [6, 6.07) is 8.88. The van der Waals surface area contributed by atoms with Crippen molar-refractivity contribution in [3.8, 4) is 22.6 Å². The molecule has 3 aromatic rings. The van der Waals surface area contributed by atoms with Crippen molar-refractivity contribution in [2.24, 2.45) is 0 Å². The Labute approximate surface area is 162 Å². The summed E-state index contributed by atoms with van der Waals surface area (Å²) in [5.41, 5.74) is 2.12. The summed E-state index contributed by atoms with van der Waals surface area (Å²) in [6.07, 6.45) is 4.60. The standard InChI is InChI=1S/C18H11BrClN3O3/c19-13-6-16-15(25-9-26-16)5-12(13)10-1-2-17(22-7-10)23-18(24)11-3-4-21-8-14(11)20/h1-8H,9H2,(H,22,23,24). The molecule has 1 aromatic carbocycles. The first kappa shape index (κ1) is 16.8. The molecule has 0 aliphatic carbocycles. The van der Waals surface area contributed by atoms with Crippen LogP contribution in [0.2, 0.25) is 5.02 Å². The van der Waals surface area contributed by atoms with E-state index in [1.165, 1.54) is 12.4 Å². The number of carbonyl (C=O) groups is 1. The van der Waals surface area contributed by atoms with Gasteiger partial charge in [0.15, 0.2) is 11.5 Å². The van der Waals surface area contributed by atoms with Crippen LogP contribution in [0.4, 0.5) is 5.82 Å². The number of fused-ring (bicyclic) bond motifs is 1. The molecule has 2 aromatic heterocycles. The molecule has 130 valence electrons. The predicted molar refractivity (Wildman–Crippen MR) is 101 cm³/mol. The number of nitrogens with zero attached hydrogens (tertiary/aromatic N) is 2. The van der Waals surface area contributed by atoms with Crippen LogP contribution in [0.3, 0.4) is 0 Å². The zero-order valence-corrected chi connectivity index (χ0v) is 15.5. The van der Waals surface area contributed by atoms with Crippen molar-refractivity contribution in [2.45, 2.75) is 0 Å². The van der Waals surface area contributed by atoms with Crippen LogP contribution in [-0.2, 0) is 0 Å². The fourth-order valence-corrected chi connectivity index (χ4v) is 3.26. The number of aromatic nitrogens is 2. The van der Waals surface area contributed by atoms with E-state index in [-0.39, 0.29) is 17.7 Å². The van der Waals surface area contributed by atoms with Crippen molar-refractivity contribution in [1.82, 2.24) is 9.97 Å². The van der Waals surface area contributed by atoms with Crippen LogP contribution in [-0.4, -0.2) is 22.7 Å². The average Bonchev–Trinajstić information content (AvgIpc) is 3.09. The van der Waals surface area contributed by atoms with E-state index in [0.29, 0.717) is 22.9 Å². The number of anilines is 1. The molecule has 1 N–H and O–H groups in total. The van der Waals surface area contributed by atoms with E-state index >= 15 is 0 Å². The van der Waals surface area contributed by atoms with Crippen molar-refractivity contribution in [1.29, 1.82) is 0 Å². The molecule has 1 amide bonds. The van der Waals surface area contributed by atoms with Gasteiger partial charge in [0.05, 0.1) is 10.6 Å². The Kier molecular flexibility index (Phi) is 4.48. The topological polar surface area (TPSA) is 73.3 Å². The lowest BCUT2D eigenvalue weighted by molar-refractivity contribution is 0.102. The fraction of sp³-hybridized carbons (Fsp3) is 0.0556. The molecule has 0 spiro atoms. The second kappa shape index (κ2) is 6.93. The highest BCUT2D eigenvalue weighted by Crippen LogP contribution is 2.40. The van der Waals surface area contributed by atoms with Crippen molar-refractivity contribution in [2.75, 3.05) is 12.1 Å². The first-order valence-corrected chi connectivity index (χ1v) is 8.75. The predicted octanol–water partition coefficient (Wildman–Crippen LogP) is 4.54. The highest BCUT2D eigenvalue weighted by atomic mass is 79.9. The third kappa shape index (κ3) is 3.23. The summed E-state index contributed by atoms with van der Waals surface area (Å²) in [5.74, 6) is 1.46. The van der Waals surface area contributed by atoms with Gasteiger partial charge in [-0.15, -0.1) is 0 Å². The quantitative estimate of drug-likeness (QED) is 0.658. The Hall–Kier alpha value is -2.64. The Bertz CT molecular complexity index is 995. The molecule has 0 saturated heterocycles. The van der Waals surface area contributed by atoms with E-state index < -0.39 is 0 Å². The second-order valence-corrected chi connectivity index (χ2v) is 6.69. The molecule has 1 aliphatic heterocycles. The third-order valence-corrected chi connectivity index (χ3v) is 4.75. The molecule has 8 heteroatoms. The first-order chi connectivity index (χ1) is 12.6. The maximum Gasteiger partial charge on any atom is 0.258 e. The Balaban J connectivity index is 1.56. The number of benzene rings is 1. The third-order valence-electron chi connectivity index (χ3n) is 3.80. The van der Waals surface area contributed by atoms with Gasteiger partial charge >= 0.3 is 0 Å². The van der Waals surface area contributed by atoms with Crippen LogP contribution >= 0.6 is 27.5 Å². The van der Waals surface area contributed by atoms with E-state index in [4.69, 9.17) is 21.1 Å². The minimum Gasteiger partial charge on any atom is -0.454 e. The zero-order valence-electron chi connectivity index (χ0n) is 13.2. The molecule has 6 nitrogen and oxygen atoms in total. The summed E-state index contributed by atoms with van der Waals surface area (Å²) < 4.78 is 11.6. The maximum absolute atomic E-state index is 12.3. The van der Waals surface area contributed by atoms with Crippen molar-refractivity contribution in [3.63, 3.8) is 0 Å². The summed E-state index contributed by atoms with van der Waals surface area (Å²) in [4.78, 5) is 20.4. The Morgan fingerprint density at radius 1 is 1.15 bits per heavy atom. The molecule has 0 atom stereocenters. The molecule has 0 fully saturated rings. The number of hydrogen-bond donors (Lipinski definition) is 1. The second-order valence-electron chi connectivity index (χ2n) is 5.43. The number of amides is 1. The lowest BCUT2D eigenvalue weighted by atomic mass is 10.1. The van der Waals surface area contributed by atoms with Gasteiger partial charge in [0.2, 0.25) is 6.79 Å². The number of hydrogen-bond acceptors (Lipinski definition) is 5. The van der Waals surface area contributed by atoms with Crippen LogP contribution in [0.5, 0.6) is 11.5 Å². The SMILES string of the molecule is O=C(Nc1ccc(-c2cc3c(cc2Br)OCO3)cn1)c1ccncc1Cl. The van der Waals surface area contributed by atoms with Gasteiger partial charge in [-0.05, 0) is 30.3 Å². The molecular formula is C18H11BrClN3O3. The molecule has 26 heavy (non-hydrogen) atoms. The molecule has 0 saturated carbocycles. The van der Waals surface area contributed by atoms with E-state index in [1.54, 1.807) is 18.3 Å². The molecular weight excluding hydrogens is 422 g/mol. The lowest BCUT2D eigenvalue weighted by Crippen LogP contribution is -2.13. The molecule has 0 radical (unpaired) electrons. The molecule has 1 aliphatic rings. The van der Waals surface area contributed by atoms with Gasteiger partial charge in [-0.3, -0.25) is 9.78 Å². The monoisotopic (exact) mass is 431 g/mol. The zero-order chi connectivity index (χ0) is 18.1. The van der Waals surface area contributed by atoms with Crippen LogP contribution in [0.1, 0.15) is 10.4 Å². The molecule has 4 rings (SSSR count). The van der Waals surface area contributed by atoms with Gasteiger partial charge in [0.25, 0.3) is 5.91 Å². The summed E-state index contributed by atoms with van der Waals surface area (Å²) in [7, 11) is 0. The molecule has 3 heterocycles. The van der Waals surface area contributed by atoms with Gasteiger partial charge in [0.1, 0.15) is 5.82 Å². The molecule has 0 bridgehead atoms. The largest absolute Gasteiger partial charge is 0.454 e. The van der Waals surface area contributed by atoms with Gasteiger partial charge in [-0.2, -0.15) is 0 Å². The van der Waals surface area contributed by atoms with E-state index in [1.807, 2.05) is 18.2 Å². The van der Waals surface area contributed by atoms with Crippen LogP contribution in [0.15, 0.2) is 53.4 Å². The van der Waals surface area contributed by atoms with Crippen molar-refractivity contribution >= 4 is 39.3 Å². The lowest BCUT2D eigenvalue weighted by Gasteiger charge is -2.09. The smallest absolute Gasteiger partial charge is 0.258 e. The van der Waals surface area contributed by atoms with E-state index in [9.17, 15) is 4.79 Å². The summed E-state index contributed by atoms with van der Waals surface area (Å²) in [5, 5.41) is 3.00. The highest BCUT2D eigenvalue weighted by Gasteiger charge is 2.17. The van der Waals surface area contributed by atoms with E-state index in [2.05, 4.69) is 31.2 Å². The van der Waals surface area contributed by atoms with Crippen LogP contribution < -0.4 is 14.8 Å². The van der Waals surface area contributed by atoms with Gasteiger partial charge in [-0.1, -0.05) is 27.5 Å². The van der Waals surface area contributed by atoms with E-state index in [0.717, 1.165) is 15.6 Å². The normalized spacial score (nSPS) is 12.1. The number of ether oxygens (including phenoxy) is 2. The highest BCUT2D eigenvalue weighted by molar-refractivity contribution is 9.10. The minimum absolute atomic E-state index is 0.214. The fourth-order valence-electron chi connectivity index (χ4n) is 2.51. The number of nitrogens with one attached hydrogen (secondary N) is 1. The summed E-state index contributed by atoms with van der Waals surface area (Å²) >= 11 is 9.51. The minimum atomic E-state index is -0.345. The Morgan fingerprint density at radius 3 is 2.69 bits per heavy atom. The maximum atomic E-state index is 12.3. The van der Waals surface area contributed by atoms with Gasteiger partial charge in [0, 0.05) is 34.2 Å². The first-order valence-electron chi connectivity index (χ1n) is 7.58. The Morgan fingerprint density at radius 2 is 1.96 bits per heavy atom. The van der Waals surface area contributed by atoms with Gasteiger partial charge in [-0.25, -0.2) is 4.98 Å². The molecule has 0 unspecified atom stereocenters. The van der Waals surface area contributed by atoms with Crippen LogP contribution in [0, 0.1) is 0 Å². The summed E-state index contributed by atoms with van der Waals surface area (Å²) in [6.45, 7) is 0.214. The number of halogens is 2.